The van der Waals surface area contributed by atoms with Gasteiger partial charge in [0.1, 0.15) is 6.04 Å². The molecule has 0 radical (unpaired) electrons. The van der Waals surface area contributed by atoms with Gasteiger partial charge in [-0.15, -0.1) is 0 Å². The Bertz CT molecular complexity index is 1870. The van der Waals surface area contributed by atoms with Crippen molar-refractivity contribution in [3.05, 3.63) is 150 Å². The SMILES string of the molecule is CN(C(=O)Nc1ccc(C(=O)O)cc1)c1cccc(-c2ccc(C[C@H](Nc3ccccc3C(=O)c3ccccc3)C(=O)O)cc2)c1. The molecule has 9 nitrogen and oxygen atoms in total. The van der Waals surface area contributed by atoms with Crippen molar-refractivity contribution in [3.8, 4) is 11.1 Å². The third-order valence-electron chi connectivity index (χ3n) is 7.48. The molecule has 5 aromatic rings. The molecule has 0 aromatic heterocycles. The number of anilines is 3. The summed E-state index contributed by atoms with van der Waals surface area (Å²) in [5.41, 5.74) is 5.11. The molecule has 0 aliphatic rings. The number of carbonyl (C=O) groups excluding carboxylic acids is 2. The first-order chi connectivity index (χ1) is 22.2. The van der Waals surface area contributed by atoms with Gasteiger partial charge in [0, 0.05) is 41.7 Å². The Morgan fingerprint density at radius 3 is 2.04 bits per heavy atom. The van der Waals surface area contributed by atoms with E-state index >= 15 is 0 Å². The maximum absolute atomic E-state index is 13.1. The Balaban J connectivity index is 1.27. The van der Waals surface area contributed by atoms with Gasteiger partial charge in [0.25, 0.3) is 0 Å². The topological polar surface area (TPSA) is 136 Å². The van der Waals surface area contributed by atoms with Crippen molar-refractivity contribution in [2.75, 3.05) is 22.6 Å². The average molecular weight is 614 g/mol. The van der Waals surface area contributed by atoms with E-state index in [-0.39, 0.29) is 17.8 Å². The molecule has 46 heavy (non-hydrogen) atoms. The fourth-order valence-electron chi connectivity index (χ4n) is 4.92. The van der Waals surface area contributed by atoms with Gasteiger partial charge in [0.2, 0.25) is 0 Å². The predicted molar refractivity (Wildman–Crippen MR) is 178 cm³/mol. The van der Waals surface area contributed by atoms with E-state index in [9.17, 15) is 24.3 Å². The van der Waals surface area contributed by atoms with E-state index in [1.54, 1.807) is 61.6 Å². The van der Waals surface area contributed by atoms with Gasteiger partial charge >= 0.3 is 18.0 Å². The van der Waals surface area contributed by atoms with Gasteiger partial charge in [-0.05, 0) is 65.2 Å². The highest BCUT2D eigenvalue weighted by Crippen LogP contribution is 2.26. The summed E-state index contributed by atoms with van der Waals surface area (Å²) in [5.74, 6) is -2.29. The second-order valence-electron chi connectivity index (χ2n) is 10.6. The summed E-state index contributed by atoms with van der Waals surface area (Å²) in [4.78, 5) is 50.8. The quantitative estimate of drug-likeness (QED) is 0.117. The number of benzene rings is 5. The number of nitrogens with one attached hydrogen (secondary N) is 2. The summed E-state index contributed by atoms with van der Waals surface area (Å²) in [6.45, 7) is 0. The first-order valence-corrected chi connectivity index (χ1v) is 14.4. The highest BCUT2D eigenvalue weighted by atomic mass is 16.4. The van der Waals surface area contributed by atoms with Crippen molar-refractivity contribution in [2.24, 2.45) is 0 Å². The first-order valence-electron chi connectivity index (χ1n) is 14.4. The monoisotopic (exact) mass is 613 g/mol. The van der Waals surface area contributed by atoms with E-state index in [0.29, 0.717) is 28.2 Å². The molecule has 1 atom stereocenters. The van der Waals surface area contributed by atoms with Crippen molar-refractivity contribution in [2.45, 2.75) is 12.5 Å². The van der Waals surface area contributed by atoms with E-state index in [4.69, 9.17) is 5.11 Å². The molecule has 0 spiro atoms. The number of amides is 2. The van der Waals surface area contributed by atoms with Gasteiger partial charge in [-0.1, -0.05) is 78.9 Å². The van der Waals surface area contributed by atoms with Gasteiger partial charge in [-0.2, -0.15) is 0 Å². The Morgan fingerprint density at radius 1 is 0.696 bits per heavy atom. The Hall–Kier alpha value is -6.22. The predicted octanol–water partition coefficient (Wildman–Crippen LogP) is 7.06. The van der Waals surface area contributed by atoms with Crippen LogP contribution in [0.25, 0.3) is 11.1 Å². The van der Waals surface area contributed by atoms with Crippen LogP contribution in [0.1, 0.15) is 31.8 Å². The Labute approximate surface area is 265 Å². The maximum Gasteiger partial charge on any atom is 0.335 e. The van der Waals surface area contributed by atoms with Crippen LogP contribution in [0.5, 0.6) is 0 Å². The smallest absolute Gasteiger partial charge is 0.335 e. The number of rotatable bonds is 11. The third-order valence-corrected chi connectivity index (χ3v) is 7.48. The summed E-state index contributed by atoms with van der Waals surface area (Å²) in [7, 11) is 1.63. The number of hydrogen-bond donors (Lipinski definition) is 4. The van der Waals surface area contributed by atoms with Crippen LogP contribution in [0.4, 0.5) is 21.9 Å². The molecule has 0 saturated carbocycles. The van der Waals surface area contributed by atoms with Gasteiger partial charge in [-0.3, -0.25) is 9.69 Å². The van der Waals surface area contributed by atoms with E-state index in [1.165, 1.54) is 29.2 Å². The van der Waals surface area contributed by atoms with E-state index in [2.05, 4.69) is 10.6 Å². The van der Waals surface area contributed by atoms with E-state index in [0.717, 1.165) is 16.7 Å². The molecule has 4 N–H and O–H groups in total. The molecule has 0 saturated heterocycles. The number of urea groups is 1. The molecule has 5 aromatic carbocycles. The highest BCUT2D eigenvalue weighted by Gasteiger charge is 2.21. The maximum atomic E-state index is 13.1. The van der Waals surface area contributed by atoms with Crippen LogP contribution in [0.2, 0.25) is 0 Å². The molecule has 5 rings (SSSR count). The lowest BCUT2D eigenvalue weighted by atomic mass is 9.98. The van der Waals surface area contributed by atoms with Crippen molar-refractivity contribution < 1.29 is 29.4 Å². The summed E-state index contributed by atoms with van der Waals surface area (Å²) in [5, 5.41) is 24.9. The number of aromatic carboxylic acids is 1. The molecule has 0 bridgehead atoms. The van der Waals surface area contributed by atoms with Gasteiger partial charge < -0.3 is 20.8 Å². The van der Waals surface area contributed by atoms with Gasteiger partial charge in [0.05, 0.1) is 5.56 Å². The molecule has 0 fully saturated rings. The van der Waals surface area contributed by atoms with Crippen LogP contribution >= 0.6 is 0 Å². The molecule has 0 unspecified atom stereocenters. The molecule has 2 amide bonds. The number of carbonyl (C=O) groups is 4. The van der Waals surface area contributed by atoms with E-state index < -0.39 is 24.0 Å². The average Bonchev–Trinajstić information content (AvgIpc) is 3.08. The van der Waals surface area contributed by atoms with Crippen molar-refractivity contribution in [1.29, 1.82) is 0 Å². The molecule has 0 heterocycles. The number of ketones is 1. The lowest BCUT2D eigenvalue weighted by Crippen LogP contribution is -2.32. The fourth-order valence-corrected chi connectivity index (χ4v) is 4.92. The number of hydrogen-bond acceptors (Lipinski definition) is 5. The van der Waals surface area contributed by atoms with Crippen LogP contribution in [0, 0.1) is 0 Å². The Kier molecular flexibility index (Phi) is 9.53. The molecule has 0 aliphatic heterocycles. The second kappa shape index (κ2) is 14.0. The largest absolute Gasteiger partial charge is 0.480 e. The number of para-hydroxylation sites is 1. The minimum absolute atomic E-state index is 0.125. The van der Waals surface area contributed by atoms with Gasteiger partial charge in [-0.25, -0.2) is 14.4 Å². The van der Waals surface area contributed by atoms with Crippen LogP contribution in [0.15, 0.2) is 127 Å². The van der Waals surface area contributed by atoms with Crippen molar-refractivity contribution in [3.63, 3.8) is 0 Å². The lowest BCUT2D eigenvalue weighted by Gasteiger charge is -2.19. The summed E-state index contributed by atoms with van der Waals surface area (Å²) in [6, 6.07) is 35.2. The Morgan fingerprint density at radius 2 is 1.37 bits per heavy atom. The van der Waals surface area contributed by atoms with Crippen LogP contribution < -0.4 is 15.5 Å². The standard InChI is InChI=1S/C37H31N3O6/c1-40(37(46)38-29-20-18-27(19-21-29)35(42)43)30-11-7-10-28(23-30)25-16-14-24(15-17-25)22-33(36(44)45)39-32-13-6-5-12-31(32)34(41)26-8-3-2-4-9-26/h2-21,23,33,39H,22H2,1H3,(H,38,46)(H,42,43)(H,44,45)/t33-/m0/s1. The molecule has 0 aliphatic carbocycles. The zero-order valence-electron chi connectivity index (χ0n) is 24.9. The first kappa shape index (κ1) is 31.2. The number of aliphatic carboxylic acids is 1. The van der Waals surface area contributed by atoms with Gasteiger partial charge in [0.15, 0.2) is 5.78 Å². The fraction of sp³-hybridized carbons (Fsp3) is 0.0811. The molecule has 230 valence electrons. The summed E-state index contributed by atoms with van der Waals surface area (Å²) < 4.78 is 0. The number of carboxylic acids is 2. The summed E-state index contributed by atoms with van der Waals surface area (Å²) in [6.07, 6.45) is 0.180. The lowest BCUT2D eigenvalue weighted by molar-refractivity contribution is -0.137. The molecular weight excluding hydrogens is 582 g/mol. The second-order valence-corrected chi connectivity index (χ2v) is 10.6. The minimum atomic E-state index is -1.05. The third kappa shape index (κ3) is 7.46. The normalized spacial score (nSPS) is 11.2. The number of carboxylic acid groups (broad SMARTS) is 2. The minimum Gasteiger partial charge on any atom is -0.480 e. The van der Waals surface area contributed by atoms with Crippen LogP contribution in [-0.2, 0) is 11.2 Å². The van der Waals surface area contributed by atoms with Crippen LogP contribution in [0.3, 0.4) is 0 Å². The van der Waals surface area contributed by atoms with Crippen LogP contribution in [-0.4, -0.2) is 47.1 Å². The zero-order chi connectivity index (χ0) is 32.6. The molecule has 9 heteroatoms. The molecular formula is C37H31N3O6. The van der Waals surface area contributed by atoms with E-state index in [1.807, 2.05) is 48.5 Å². The van der Waals surface area contributed by atoms with Crippen molar-refractivity contribution >= 4 is 40.8 Å². The van der Waals surface area contributed by atoms with Crippen molar-refractivity contribution in [1.82, 2.24) is 0 Å². The summed E-state index contributed by atoms with van der Waals surface area (Å²) >= 11 is 0. The zero-order valence-corrected chi connectivity index (χ0v) is 24.9. The number of nitrogens with zero attached hydrogens (tertiary/aromatic N) is 1. The highest BCUT2D eigenvalue weighted by molar-refractivity contribution is 6.12.